The summed E-state index contributed by atoms with van der Waals surface area (Å²) >= 11 is 0. The fraction of sp³-hybridized carbons (Fsp3) is 0.462. The SMILES string of the molecule is CCC(c1ccccc1F)[C@@](O)(CC)C(=O)O. The lowest BCUT2D eigenvalue weighted by molar-refractivity contribution is -0.161. The summed E-state index contributed by atoms with van der Waals surface area (Å²) in [5, 5.41) is 19.3. The molecule has 0 aliphatic heterocycles. The number of benzene rings is 1. The molecule has 1 aromatic carbocycles. The maximum atomic E-state index is 13.7. The lowest BCUT2D eigenvalue weighted by Crippen LogP contribution is -2.44. The predicted octanol–water partition coefficient (Wildman–Crippen LogP) is 2.54. The molecule has 0 saturated carbocycles. The number of halogens is 1. The van der Waals surface area contributed by atoms with E-state index in [9.17, 15) is 14.3 Å². The van der Waals surface area contributed by atoms with Crippen molar-refractivity contribution >= 4 is 5.97 Å². The van der Waals surface area contributed by atoms with Crippen LogP contribution in [0.15, 0.2) is 24.3 Å². The number of carboxylic acids is 1. The second-order valence-electron chi connectivity index (χ2n) is 4.07. The molecule has 0 bridgehead atoms. The lowest BCUT2D eigenvalue weighted by Gasteiger charge is -2.31. The predicted molar refractivity (Wildman–Crippen MR) is 62.3 cm³/mol. The zero-order chi connectivity index (χ0) is 13.1. The molecule has 1 aromatic rings. The molecule has 0 heterocycles. The van der Waals surface area contributed by atoms with E-state index in [0.717, 1.165) is 0 Å². The van der Waals surface area contributed by atoms with Crippen LogP contribution in [0, 0.1) is 5.82 Å². The van der Waals surface area contributed by atoms with Gasteiger partial charge in [0.1, 0.15) is 5.82 Å². The summed E-state index contributed by atoms with van der Waals surface area (Å²) < 4.78 is 13.7. The number of hydrogen-bond acceptors (Lipinski definition) is 2. The smallest absolute Gasteiger partial charge is 0.336 e. The Morgan fingerprint density at radius 3 is 2.41 bits per heavy atom. The fourth-order valence-corrected chi connectivity index (χ4v) is 2.12. The van der Waals surface area contributed by atoms with Gasteiger partial charge in [0.2, 0.25) is 0 Å². The first kappa shape index (κ1) is 13.6. The van der Waals surface area contributed by atoms with Gasteiger partial charge in [-0.05, 0) is 24.5 Å². The van der Waals surface area contributed by atoms with Crippen LogP contribution in [0.25, 0.3) is 0 Å². The van der Waals surface area contributed by atoms with Crippen molar-refractivity contribution in [2.45, 2.75) is 38.2 Å². The molecule has 0 amide bonds. The van der Waals surface area contributed by atoms with Gasteiger partial charge in [0.15, 0.2) is 5.60 Å². The molecule has 1 rings (SSSR count). The average Bonchev–Trinajstić information content (AvgIpc) is 2.31. The summed E-state index contributed by atoms with van der Waals surface area (Å²) in [5.74, 6) is -2.53. The molecule has 1 unspecified atom stereocenters. The summed E-state index contributed by atoms with van der Waals surface area (Å²) in [6.45, 7) is 3.32. The van der Waals surface area contributed by atoms with E-state index >= 15 is 0 Å². The molecule has 4 heteroatoms. The lowest BCUT2D eigenvalue weighted by atomic mass is 9.78. The molecule has 3 nitrogen and oxygen atoms in total. The first-order valence-electron chi connectivity index (χ1n) is 5.67. The molecule has 94 valence electrons. The molecule has 0 spiro atoms. The number of carbonyl (C=O) groups is 1. The standard InChI is InChI=1S/C13H17FO3/c1-3-10(13(17,4-2)12(15)16)9-7-5-6-8-11(9)14/h5-8,10,17H,3-4H2,1-2H3,(H,15,16)/t10?,13-/m0/s1. The molecule has 0 aliphatic carbocycles. The van der Waals surface area contributed by atoms with E-state index in [1.807, 2.05) is 0 Å². The number of hydrogen-bond donors (Lipinski definition) is 2. The highest BCUT2D eigenvalue weighted by molar-refractivity contribution is 5.78. The van der Waals surface area contributed by atoms with Crippen molar-refractivity contribution in [3.05, 3.63) is 35.6 Å². The molecule has 0 saturated heterocycles. The van der Waals surface area contributed by atoms with Gasteiger partial charge >= 0.3 is 5.97 Å². The molecule has 2 atom stereocenters. The van der Waals surface area contributed by atoms with E-state index in [4.69, 9.17) is 5.11 Å². The van der Waals surface area contributed by atoms with Crippen molar-refractivity contribution in [3.8, 4) is 0 Å². The Morgan fingerprint density at radius 1 is 1.41 bits per heavy atom. The van der Waals surface area contributed by atoms with Gasteiger partial charge in [0.25, 0.3) is 0 Å². The Labute approximate surface area is 99.9 Å². The van der Waals surface area contributed by atoms with Crippen LogP contribution in [0.4, 0.5) is 4.39 Å². The zero-order valence-electron chi connectivity index (χ0n) is 9.98. The average molecular weight is 240 g/mol. The molecule has 2 N–H and O–H groups in total. The molecule has 0 radical (unpaired) electrons. The third kappa shape index (κ3) is 2.47. The van der Waals surface area contributed by atoms with Gasteiger partial charge in [-0.2, -0.15) is 0 Å². The van der Waals surface area contributed by atoms with Crippen molar-refractivity contribution in [2.24, 2.45) is 0 Å². The van der Waals surface area contributed by atoms with Crippen LogP contribution in [-0.2, 0) is 4.79 Å². The van der Waals surface area contributed by atoms with E-state index in [-0.39, 0.29) is 12.0 Å². The molecular weight excluding hydrogens is 223 g/mol. The molecule has 0 fully saturated rings. The topological polar surface area (TPSA) is 57.5 Å². The zero-order valence-corrected chi connectivity index (χ0v) is 9.98. The summed E-state index contributed by atoms with van der Waals surface area (Å²) in [6, 6.07) is 5.97. The summed E-state index contributed by atoms with van der Waals surface area (Å²) in [6.07, 6.45) is 0.396. The van der Waals surface area contributed by atoms with Gasteiger partial charge in [0.05, 0.1) is 0 Å². The van der Waals surface area contributed by atoms with Gasteiger partial charge in [0, 0.05) is 5.92 Å². The molecule has 0 aromatic heterocycles. The molecular formula is C13H17FO3. The van der Waals surface area contributed by atoms with Gasteiger partial charge in [-0.3, -0.25) is 0 Å². The Hall–Kier alpha value is -1.42. The summed E-state index contributed by atoms with van der Waals surface area (Å²) in [5.41, 5.74) is -1.67. The first-order chi connectivity index (χ1) is 7.97. The van der Waals surface area contributed by atoms with Crippen LogP contribution in [0.3, 0.4) is 0 Å². The minimum atomic E-state index is -1.92. The second kappa shape index (κ2) is 5.27. The van der Waals surface area contributed by atoms with E-state index in [1.54, 1.807) is 19.9 Å². The van der Waals surface area contributed by atoms with E-state index in [1.165, 1.54) is 18.2 Å². The van der Waals surface area contributed by atoms with E-state index in [0.29, 0.717) is 6.42 Å². The summed E-state index contributed by atoms with van der Waals surface area (Å²) in [7, 11) is 0. The van der Waals surface area contributed by atoms with Crippen molar-refractivity contribution in [1.82, 2.24) is 0 Å². The minimum Gasteiger partial charge on any atom is -0.479 e. The second-order valence-corrected chi connectivity index (χ2v) is 4.07. The van der Waals surface area contributed by atoms with Gasteiger partial charge in [-0.1, -0.05) is 32.0 Å². The Morgan fingerprint density at radius 2 is 2.00 bits per heavy atom. The number of aliphatic carboxylic acids is 1. The minimum absolute atomic E-state index is 0.0369. The van der Waals surface area contributed by atoms with E-state index < -0.39 is 23.3 Å². The largest absolute Gasteiger partial charge is 0.479 e. The number of carboxylic acid groups (broad SMARTS) is 1. The van der Waals surface area contributed by atoms with Crippen LogP contribution >= 0.6 is 0 Å². The van der Waals surface area contributed by atoms with Gasteiger partial charge in [-0.25, -0.2) is 9.18 Å². The third-order valence-corrected chi connectivity index (χ3v) is 3.17. The Kier molecular flexibility index (Phi) is 4.23. The number of aliphatic hydroxyl groups is 1. The van der Waals surface area contributed by atoms with Crippen LogP contribution in [0.2, 0.25) is 0 Å². The van der Waals surface area contributed by atoms with Crippen LogP contribution < -0.4 is 0 Å². The first-order valence-corrected chi connectivity index (χ1v) is 5.67. The van der Waals surface area contributed by atoms with E-state index in [2.05, 4.69) is 0 Å². The number of rotatable bonds is 5. The molecule has 17 heavy (non-hydrogen) atoms. The van der Waals surface area contributed by atoms with Crippen molar-refractivity contribution in [2.75, 3.05) is 0 Å². The van der Waals surface area contributed by atoms with Crippen molar-refractivity contribution in [3.63, 3.8) is 0 Å². The maximum absolute atomic E-state index is 13.7. The maximum Gasteiger partial charge on any atom is 0.336 e. The normalized spacial score (nSPS) is 16.2. The third-order valence-electron chi connectivity index (χ3n) is 3.17. The Balaban J connectivity index is 3.24. The van der Waals surface area contributed by atoms with Crippen LogP contribution in [0.5, 0.6) is 0 Å². The molecule has 0 aliphatic rings. The van der Waals surface area contributed by atoms with Crippen molar-refractivity contribution in [1.29, 1.82) is 0 Å². The quantitative estimate of drug-likeness (QED) is 0.831. The fourth-order valence-electron chi connectivity index (χ4n) is 2.12. The highest BCUT2D eigenvalue weighted by Gasteiger charge is 2.43. The van der Waals surface area contributed by atoms with Crippen LogP contribution in [-0.4, -0.2) is 21.8 Å². The van der Waals surface area contributed by atoms with Gasteiger partial charge in [-0.15, -0.1) is 0 Å². The highest BCUT2D eigenvalue weighted by atomic mass is 19.1. The van der Waals surface area contributed by atoms with Gasteiger partial charge < -0.3 is 10.2 Å². The highest BCUT2D eigenvalue weighted by Crippen LogP contribution is 2.35. The van der Waals surface area contributed by atoms with Crippen LogP contribution in [0.1, 0.15) is 38.2 Å². The summed E-state index contributed by atoms with van der Waals surface area (Å²) in [4.78, 5) is 11.2. The Bertz CT molecular complexity index is 405. The monoisotopic (exact) mass is 240 g/mol. The van der Waals surface area contributed by atoms with Crippen molar-refractivity contribution < 1.29 is 19.4 Å².